The van der Waals surface area contributed by atoms with E-state index in [4.69, 9.17) is 23.2 Å². The lowest BCUT2D eigenvalue weighted by atomic mass is 10.1. The Morgan fingerprint density at radius 2 is 1.54 bits per heavy atom. The number of likely N-dealkylation sites (N-methyl/N-ethyl adjacent to an activating group) is 1. The van der Waals surface area contributed by atoms with Crippen molar-refractivity contribution in [2.45, 2.75) is 37.8 Å². The highest BCUT2D eigenvalue weighted by Crippen LogP contribution is 2.33. The van der Waals surface area contributed by atoms with Crippen molar-refractivity contribution in [2.75, 3.05) is 17.4 Å². The molecule has 0 aliphatic heterocycles. The summed E-state index contributed by atoms with van der Waals surface area (Å²) in [6.45, 7) is 3.56. The lowest BCUT2D eigenvalue weighted by Crippen LogP contribution is -2.52. The summed E-state index contributed by atoms with van der Waals surface area (Å²) in [6.07, 6.45) is 0.345. The number of hydrogen-bond donors (Lipinski definition) is 1. The number of nitrogens with zero attached hydrogens (tertiary/aromatic N) is 2. The molecule has 0 saturated heterocycles. The van der Waals surface area contributed by atoms with E-state index in [0.717, 1.165) is 9.87 Å². The van der Waals surface area contributed by atoms with Gasteiger partial charge in [-0.2, -0.15) is 0 Å². The SMILES string of the molecule is CCNC(=O)[C@@H](CC)N(Cc1ccccc1)C(=O)CN(c1ccc(Cl)cc1Cl)S(=O)(=O)c1ccccc1. The molecular weight excluding hydrogens is 533 g/mol. The first-order chi connectivity index (χ1) is 17.7. The molecule has 1 atom stereocenters. The fourth-order valence-electron chi connectivity index (χ4n) is 3.91. The van der Waals surface area contributed by atoms with Crippen molar-refractivity contribution in [2.24, 2.45) is 0 Å². The number of carbonyl (C=O) groups excluding carboxylic acids is 2. The predicted molar refractivity (Wildman–Crippen MR) is 147 cm³/mol. The fraction of sp³-hybridized carbons (Fsp3) is 0.259. The van der Waals surface area contributed by atoms with Crippen molar-refractivity contribution in [3.05, 3.63) is 94.5 Å². The van der Waals surface area contributed by atoms with Crippen LogP contribution in [0.1, 0.15) is 25.8 Å². The molecule has 3 aromatic rings. The van der Waals surface area contributed by atoms with E-state index in [0.29, 0.717) is 18.0 Å². The highest BCUT2D eigenvalue weighted by Gasteiger charge is 2.34. The summed E-state index contributed by atoms with van der Waals surface area (Å²) in [5, 5.41) is 3.17. The molecule has 7 nitrogen and oxygen atoms in total. The molecule has 2 amide bonds. The number of rotatable bonds is 11. The number of halogens is 2. The van der Waals surface area contributed by atoms with Crippen LogP contribution in [0.2, 0.25) is 10.0 Å². The first-order valence-corrected chi connectivity index (χ1v) is 14.0. The van der Waals surface area contributed by atoms with Gasteiger partial charge < -0.3 is 10.2 Å². The van der Waals surface area contributed by atoms with E-state index in [2.05, 4.69) is 5.32 Å². The van der Waals surface area contributed by atoms with Gasteiger partial charge in [-0.15, -0.1) is 0 Å². The Morgan fingerprint density at radius 1 is 0.919 bits per heavy atom. The van der Waals surface area contributed by atoms with E-state index in [1.165, 1.54) is 35.2 Å². The number of carbonyl (C=O) groups is 2. The van der Waals surface area contributed by atoms with E-state index in [9.17, 15) is 18.0 Å². The zero-order valence-corrected chi connectivity index (χ0v) is 22.9. The molecule has 3 rings (SSSR count). The van der Waals surface area contributed by atoms with Crippen molar-refractivity contribution >= 4 is 50.7 Å². The number of hydrogen-bond acceptors (Lipinski definition) is 4. The molecular formula is C27H29Cl2N3O4S. The molecule has 0 aliphatic carbocycles. The second-order valence-corrected chi connectivity index (χ2v) is 11.0. The molecule has 0 saturated carbocycles. The highest BCUT2D eigenvalue weighted by atomic mass is 35.5. The quantitative estimate of drug-likeness (QED) is 0.351. The number of sulfonamides is 1. The van der Waals surface area contributed by atoms with Crippen molar-refractivity contribution in [1.82, 2.24) is 10.2 Å². The van der Waals surface area contributed by atoms with Crippen LogP contribution in [0.5, 0.6) is 0 Å². The first kappa shape index (κ1) is 28.5. The first-order valence-electron chi connectivity index (χ1n) is 11.8. The second-order valence-electron chi connectivity index (χ2n) is 8.25. The van der Waals surface area contributed by atoms with Gasteiger partial charge in [-0.1, -0.05) is 78.7 Å². The second kappa shape index (κ2) is 12.9. The average molecular weight is 563 g/mol. The van der Waals surface area contributed by atoms with Gasteiger partial charge in [0.25, 0.3) is 10.0 Å². The van der Waals surface area contributed by atoms with Crippen molar-refractivity contribution in [3.8, 4) is 0 Å². The third kappa shape index (κ3) is 7.03. The van der Waals surface area contributed by atoms with E-state index in [1.807, 2.05) is 30.3 Å². The summed E-state index contributed by atoms with van der Waals surface area (Å²) in [6, 6.07) is 20.6. The van der Waals surface area contributed by atoms with Crippen LogP contribution >= 0.6 is 23.2 Å². The summed E-state index contributed by atoms with van der Waals surface area (Å²) in [7, 11) is -4.20. The monoisotopic (exact) mass is 561 g/mol. The Kier molecular flexibility index (Phi) is 9.97. The van der Waals surface area contributed by atoms with Gasteiger partial charge in [-0.25, -0.2) is 8.42 Å². The van der Waals surface area contributed by atoms with Gasteiger partial charge in [-0.3, -0.25) is 13.9 Å². The fourth-order valence-corrected chi connectivity index (χ4v) is 5.92. The van der Waals surface area contributed by atoms with Crippen LogP contribution in [0.4, 0.5) is 5.69 Å². The van der Waals surface area contributed by atoms with Crippen LogP contribution in [0, 0.1) is 0 Å². The van der Waals surface area contributed by atoms with Gasteiger partial charge in [-0.05, 0) is 49.2 Å². The van der Waals surface area contributed by atoms with Gasteiger partial charge in [0.15, 0.2) is 0 Å². The van der Waals surface area contributed by atoms with Gasteiger partial charge in [0, 0.05) is 18.1 Å². The summed E-state index contributed by atoms with van der Waals surface area (Å²) in [5.74, 6) is -0.858. The van der Waals surface area contributed by atoms with E-state index in [-0.39, 0.29) is 28.1 Å². The maximum Gasteiger partial charge on any atom is 0.264 e. The number of benzene rings is 3. The minimum atomic E-state index is -4.20. The highest BCUT2D eigenvalue weighted by molar-refractivity contribution is 7.92. The minimum absolute atomic E-state index is 0.000747. The molecule has 0 unspecified atom stereocenters. The lowest BCUT2D eigenvalue weighted by molar-refractivity contribution is -0.140. The third-order valence-corrected chi connectivity index (χ3v) is 8.03. The predicted octanol–water partition coefficient (Wildman–Crippen LogP) is 5.13. The molecule has 0 aromatic heterocycles. The summed E-state index contributed by atoms with van der Waals surface area (Å²) >= 11 is 12.5. The van der Waals surface area contributed by atoms with E-state index < -0.39 is 28.5 Å². The maximum absolute atomic E-state index is 13.9. The van der Waals surface area contributed by atoms with Gasteiger partial charge >= 0.3 is 0 Å². The lowest BCUT2D eigenvalue weighted by Gasteiger charge is -2.33. The molecule has 1 N–H and O–H groups in total. The van der Waals surface area contributed by atoms with E-state index >= 15 is 0 Å². The van der Waals surface area contributed by atoms with Crippen LogP contribution in [-0.2, 0) is 26.2 Å². The normalized spacial score (nSPS) is 12.0. The van der Waals surface area contributed by atoms with Gasteiger partial charge in [0.05, 0.1) is 15.6 Å². The summed E-state index contributed by atoms with van der Waals surface area (Å²) < 4.78 is 28.5. The number of nitrogens with one attached hydrogen (secondary N) is 1. The van der Waals surface area contributed by atoms with Crippen LogP contribution < -0.4 is 9.62 Å². The molecule has 0 aliphatic rings. The zero-order chi connectivity index (χ0) is 27.0. The Labute approximate surface area is 228 Å². The summed E-state index contributed by atoms with van der Waals surface area (Å²) in [4.78, 5) is 28.2. The third-order valence-electron chi connectivity index (χ3n) is 5.72. The maximum atomic E-state index is 13.9. The Bertz CT molecular complexity index is 1320. The number of anilines is 1. The topological polar surface area (TPSA) is 86.8 Å². The smallest absolute Gasteiger partial charge is 0.264 e. The molecule has 0 fully saturated rings. The van der Waals surface area contributed by atoms with Crippen LogP contribution in [0.15, 0.2) is 83.8 Å². The molecule has 0 heterocycles. The molecule has 0 radical (unpaired) electrons. The van der Waals surface area contributed by atoms with Gasteiger partial charge in [0.2, 0.25) is 11.8 Å². The standard InChI is InChI=1S/C27H29Cl2N3O4S/c1-3-24(27(34)30-4-2)31(18-20-11-7-5-8-12-20)26(33)19-32(25-16-15-21(28)17-23(25)29)37(35,36)22-13-9-6-10-14-22/h5-17,24H,3-4,18-19H2,1-2H3,(H,30,34)/t24-/m1/s1. The largest absolute Gasteiger partial charge is 0.355 e. The molecule has 10 heteroatoms. The minimum Gasteiger partial charge on any atom is -0.355 e. The van der Waals surface area contributed by atoms with Crippen molar-refractivity contribution in [3.63, 3.8) is 0 Å². The molecule has 3 aromatic carbocycles. The molecule has 196 valence electrons. The molecule has 37 heavy (non-hydrogen) atoms. The van der Waals surface area contributed by atoms with Crippen molar-refractivity contribution < 1.29 is 18.0 Å². The Morgan fingerprint density at radius 3 is 2.11 bits per heavy atom. The number of amides is 2. The van der Waals surface area contributed by atoms with Gasteiger partial charge in [0.1, 0.15) is 12.6 Å². The van der Waals surface area contributed by atoms with Crippen LogP contribution in [0.25, 0.3) is 0 Å². The average Bonchev–Trinajstić information content (AvgIpc) is 2.88. The molecule has 0 spiro atoms. The van der Waals surface area contributed by atoms with Crippen molar-refractivity contribution in [1.29, 1.82) is 0 Å². The Balaban J connectivity index is 2.07. The van der Waals surface area contributed by atoms with Crippen LogP contribution in [-0.4, -0.2) is 44.3 Å². The zero-order valence-electron chi connectivity index (χ0n) is 20.6. The Hall–Kier alpha value is -3.07. The van der Waals surface area contributed by atoms with Crippen LogP contribution in [0.3, 0.4) is 0 Å². The van der Waals surface area contributed by atoms with E-state index in [1.54, 1.807) is 32.0 Å². The molecule has 0 bridgehead atoms. The summed E-state index contributed by atoms with van der Waals surface area (Å²) in [5.41, 5.74) is 0.912.